The molecule has 0 aliphatic heterocycles. The monoisotopic (exact) mass is 317 g/mol. The van der Waals surface area contributed by atoms with E-state index in [0.29, 0.717) is 12.4 Å². The summed E-state index contributed by atoms with van der Waals surface area (Å²) in [4.78, 5) is 15.8. The fraction of sp³-hybridized carbons (Fsp3) is 0.692. The van der Waals surface area contributed by atoms with Crippen LogP contribution in [0.1, 0.15) is 40.4 Å². The fourth-order valence-corrected chi connectivity index (χ4v) is 2.86. The van der Waals surface area contributed by atoms with Crippen LogP contribution in [0, 0.1) is 6.92 Å². The Hall–Kier alpha value is -1.41. The van der Waals surface area contributed by atoms with E-state index in [-0.39, 0.29) is 5.03 Å². The molecule has 0 aromatic carbocycles. The van der Waals surface area contributed by atoms with Gasteiger partial charge in [0.1, 0.15) is 17.5 Å². The Balaban J connectivity index is 2.87. The third-order valence-corrected chi connectivity index (χ3v) is 4.07. The number of hydrogen-bond donors (Lipinski definition) is 1. The van der Waals surface area contributed by atoms with Crippen molar-refractivity contribution in [3.63, 3.8) is 0 Å². The summed E-state index contributed by atoms with van der Waals surface area (Å²) in [6.07, 6.45) is 1.44. The van der Waals surface area contributed by atoms with Crippen LogP contribution in [0.25, 0.3) is 0 Å². The molecule has 120 valence electrons. The van der Waals surface area contributed by atoms with Gasteiger partial charge in [-0.25, -0.2) is 13.4 Å². The summed E-state index contributed by atoms with van der Waals surface area (Å²) in [6.45, 7) is 10.8. The minimum Gasteiger partial charge on any atom is -0.459 e. The Morgan fingerprint density at radius 3 is 2.48 bits per heavy atom. The molecule has 0 amide bonds. The molecule has 21 heavy (non-hydrogen) atoms. The predicted octanol–water partition coefficient (Wildman–Crippen LogP) is 1.22. The Bertz CT molecular complexity index is 614. The van der Waals surface area contributed by atoms with Crippen LogP contribution in [0.3, 0.4) is 0 Å². The maximum Gasteiger partial charge on any atom is 0.324 e. The zero-order valence-electron chi connectivity index (χ0n) is 13.3. The van der Waals surface area contributed by atoms with Crippen molar-refractivity contribution in [2.24, 2.45) is 0 Å². The lowest BCUT2D eigenvalue weighted by Gasteiger charge is -2.22. The van der Waals surface area contributed by atoms with Crippen molar-refractivity contribution in [3.05, 3.63) is 12.0 Å². The van der Waals surface area contributed by atoms with Crippen molar-refractivity contribution < 1.29 is 17.9 Å². The smallest absolute Gasteiger partial charge is 0.324 e. The molecule has 0 bridgehead atoms. The summed E-state index contributed by atoms with van der Waals surface area (Å²) in [5.74, 6) is -0.0273. The highest BCUT2D eigenvalue weighted by molar-refractivity contribution is 7.89. The van der Waals surface area contributed by atoms with E-state index in [0.717, 1.165) is 0 Å². The zero-order chi connectivity index (χ0) is 16.4. The molecule has 1 N–H and O–H groups in total. The third-order valence-electron chi connectivity index (χ3n) is 2.66. The molecule has 8 heteroatoms. The summed E-state index contributed by atoms with van der Waals surface area (Å²) in [6, 6.07) is -0.985. The molecule has 1 aromatic rings. The number of aryl methyl sites for hydroxylation is 2. The van der Waals surface area contributed by atoms with Crippen molar-refractivity contribution >= 4 is 16.0 Å². The zero-order valence-corrected chi connectivity index (χ0v) is 14.1. The summed E-state index contributed by atoms with van der Waals surface area (Å²) >= 11 is 0. The molecule has 0 aliphatic carbocycles. The lowest BCUT2D eigenvalue weighted by atomic mass is 10.2. The van der Waals surface area contributed by atoms with Gasteiger partial charge in [-0.05, 0) is 41.5 Å². The highest BCUT2D eigenvalue weighted by Gasteiger charge is 2.28. The number of aromatic nitrogens is 2. The quantitative estimate of drug-likeness (QED) is 0.825. The van der Waals surface area contributed by atoms with Crippen molar-refractivity contribution in [3.8, 4) is 0 Å². The first-order valence-electron chi connectivity index (χ1n) is 6.75. The number of esters is 1. The summed E-state index contributed by atoms with van der Waals surface area (Å²) in [7, 11) is -3.85. The van der Waals surface area contributed by atoms with Gasteiger partial charge >= 0.3 is 5.97 Å². The van der Waals surface area contributed by atoms with E-state index in [2.05, 4.69) is 9.71 Å². The van der Waals surface area contributed by atoms with Gasteiger partial charge in [0.2, 0.25) is 0 Å². The van der Waals surface area contributed by atoms with Crippen LogP contribution in [0.5, 0.6) is 0 Å². The molecule has 0 saturated heterocycles. The molecule has 1 atom stereocenters. The number of hydrogen-bond acceptors (Lipinski definition) is 5. The Kier molecular flexibility index (Phi) is 5.16. The number of imidazole rings is 1. The van der Waals surface area contributed by atoms with Crippen LogP contribution in [0.15, 0.2) is 11.2 Å². The summed E-state index contributed by atoms with van der Waals surface area (Å²) < 4.78 is 33.5. The SMILES string of the molecule is CCn1cc(S(=O)(=O)N[C@H](C)C(=O)OC(C)(C)C)nc1C. The molecule has 1 aromatic heterocycles. The first-order chi connectivity index (χ1) is 9.46. The normalized spacial score (nSPS) is 14.0. The van der Waals surface area contributed by atoms with Gasteiger partial charge in [-0.1, -0.05) is 0 Å². The molecule has 0 radical (unpaired) electrons. The van der Waals surface area contributed by atoms with E-state index in [1.807, 2.05) is 6.92 Å². The van der Waals surface area contributed by atoms with E-state index in [1.54, 1.807) is 32.3 Å². The fourth-order valence-electron chi connectivity index (χ4n) is 1.66. The van der Waals surface area contributed by atoms with Gasteiger partial charge in [0.05, 0.1) is 0 Å². The number of nitrogens with one attached hydrogen (secondary N) is 1. The second-order valence-electron chi connectivity index (χ2n) is 5.79. The molecule has 0 spiro atoms. The predicted molar refractivity (Wildman–Crippen MR) is 78.3 cm³/mol. The number of rotatable bonds is 5. The Morgan fingerprint density at radius 1 is 1.48 bits per heavy atom. The lowest BCUT2D eigenvalue weighted by molar-refractivity contribution is -0.156. The van der Waals surface area contributed by atoms with Crippen LogP contribution in [-0.4, -0.2) is 35.6 Å². The Morgan fingerprint density at radius 2 is 2.05 bits per heavy atom. The maximum absolute atomic E-state index is 12.2. The molecule has 1 rings (SSSR count). The number of nitrogens with zero attached hydrogens (tertiary/aromatic N) is 2. The minimum absolute atomic E-state index is 0.0998. The number of sulfonamides is 1. The molecular formula is C13H23N3O4S. The van der Waals surface area contributed by atoms with E-state index < -0.39 is 27.6 Å². The first kappa shape index (κ1) is 17.6. The molecule has 0 fully saturated rings. The number of ether oxygens (including phenoxy) is 1. The standard InChI is InChI=1S/C13H23N3O4S/c1-7-16-8-11(14-10(16)3)21(18,19)15-9(2)12(17)20-13(4,5)6/h8-9,15H,7H2,1-6H3/t9-/m1/s1. The first-order valence-corrected chi connectivity index (χ1v) is 8.23. The molecule has 7 nitrogen and oxygen atoms in total. The number of carbonyl (C=O) groups is 1. The Labute approximate surface area is 125 Å². The van der Waals surface area contributed by atoms with E-state index in [4.69, 9.17) is 4.74 Å². The molecule has 0 unspecified atom stereocenters. The van der Waals surface area contributed by atoms with Gasteiger partial charge in [0.15, 0.2) is 5.03 Å². The highest BCUT2D eigenvalue weighted by Crippen LogP contribution is 2.12. The van der Waals surface area contributed by atoms with Crippen molar-refractivity contribution in [2.45, 2.75) is 64.8 Å². The second kappa shape index (κ2) is 6.15. The van der Waals surface area contributed by atoms with E-state index in [1.165, 1.54) is 13.1 Å². The molecule has 0 saturated carbocycles. The largest absolute Gasteiger partial charge is 0.459 e. The maximum atomic E-state index is 12.2. The lowest BCUT2D eigenvalue weighted by Crippen LogP contribution is -2.42. The second-order valence-corrected chi connectivity index (χ2v) is 7.45. The number of carbonyl (C=O) groups excluding carboxylic acids is 1. The third kappa shape index (κ3) is 4.82. The molecule has 1 heterocycles. The van der Waals surface area contributed by atoms with Crippen LogP contribution in [0.4, 0.5) is 0 Å². The van der Waals surface area contributed by atoms with E-state index in [9.17, 15) is 13.2 Å². The van der Waals surface area contributed by atoms with E-state index >= 15 is 0 Å². The van der Waals surface area contributed by atoms with Crippen LogP contribution in [0.2, 0.25) is 0 Å². The highest BCUT2D eigenvalue weighted by atomic mass is 32.2. The van der Waals surface area contributed by atoms with Gasteiger partial charge < -0.3 is 9.30 Å². The van der Waals surface area contributed by atoms with Crippen molar-refractivity contribution in [1.29, 1.82) is 0 Å². The van der Waals surface area contributed by atoms with Gasteiger partial charge in [0, 0.05) is 12.7 Å². The summed E-state index contributed by atoms with van der Waals surface area (Å²) in [5.41, 5.74) is -0.669. The van der Waals surface area contributed by atoms with Gasteiger partial charge in [-0.3, -0.25) is 4.79 Å². The minimum atomic E-state index is -3.85. The van der Waals surface area contributed by atoms with Crippen LogP contribution >= 0.6 is 0 Å². The van der Waals surface area contributed by atoms with Gasteiger partial charge in [0.25, 0.3) is 10.0 Å². The summed E-state index contributed by atoms with van der Waals surface area (Å²) in [5, 5.41) is -0.0998. The van der Waals surface area contributed by atoms with Crippen molar-refractivity contribution in [1.82, 2.24) is 14.3 Å². The molecule has 0 aliphatic rings. The van der Waals surface area contributed by atoms with Crippen LogP contribution < -0.4 is 4.72 Å². The average Bonchev–Trinajstić information content (AvgIpc) is 2.68. The topological polar surface area (TPSA) is 90.3 Å². The van der Waals surface area contributed by atoms with Gasteiger partial charge in [-0.2, -0.15) is 4.72 Å². The van der Waals surface area contributed by atoms with Crippen molar-refractivity contribution in [2.75, 3.05) is 0 Å². The van der Waals surface area contributed by atoms with Crippen LogP contribution in [-0.2, 0) is 26.1 Å². The average molecular weight is 317 g/mol. The molecular weight excluding hydrogens is 294 g/mol. The van der Waals surface area contributed by atoms with Gasteiger partial charge in [-0.15, -0.1) is 0 Å².